The van der Waals surface area contributed by atoms with Gasteiger partial charge in [-0.15, -0.1) is 0 Å². The molecular formula is C22H29N5. The maximum Gasteiger partial charge on any atom is 0.0914 e. The van der Waals surface area contributed by atoms with Crippen molar-refractivity contribution in [2.75, 3.05) is 46.3 Å². The molecule has 0 radical (unpaired) electrons. The monoisotopic (exact) mass is 363 g/mol. The van der Waals surface area contributed by atoms with Gasteiger partial charge in [0.2, 0.25) is 0 Å². The van der Waals surface area contributed by atoms with Crippen LogP contribution in [-0.4, -0.2) is 67.5 Å². The van der Waals surface area contributed by atoms with Crippen molar-refractivity contribution >= 4 is 11.4 Å². The van der Waals surface area contributed by atoms with Gasteiger partial charge in [-0.3, -0.25) is 9.98 Å². The summed E-state index contributed by atoms with van der Waals surface area (Å²) in [5.41, 5.74) is 3.37. The normalized spacial score (nSPS) is 34.2. The zero-order valence-electron chi connectivity index (χ0n) is 16.3. The Bertz CT molecular complexity index is 760. The summed E-state index contributed by atoms with van der Waals surface area (Å²) >= 11 is 0. The molecule has 2 unspecified atom stereocenters. The molecule has 3 aliphatic heterocycles. The molecule has 0 N–H and O–H groups in total. The van der Waals surface area contributed by atoms with Crippen molar-refractivity contribution in [3.8, 4) is 6.07 Å². The van der Waals surface area contributed by atoms with Gasteiger partial charge in [0.25, 0.3) is 0 Å². The fraction of sp³-hybridized carbons (Fsp3) is 0.591. The SMILES string of the molecule is CN1CC2C(=NCCN3CCCCC3)C=CN=C3C=CC(=CC#N)CC32C1. The molecule has 1 spiro atoms. The Labute approximate surface area is 162 Å². The van der Waals surface area contributed by atoms with Gasteiger partial charge < -0.3 is 9.80 Å². The van der Waals surface area contributed by atoms with E-state index in [4.69, 9.17) is 15.2 Å². The minimum atomic E-state index is -0.0559. The van der Waals surface area contributed by atoms with Crippen LogP contribution in [0.2, 0.25) is 0 Å². The Morgan fingerprint density at radius 2 is 2.15 bits per heavy atom. The summed E-state index contributed by atoms with van der Waals surface area (Å²) in [4.78, 5) is 14.8. The van der Waals surface area contributed by atoms with E-state index in [0.29, 0.717) is 5.92 Å². The molecule has 0 aromatic carbocycles. The summed E-state index contributed by atoms with van der Waals surface area (Å²) in [7, 11) is 2.18. The number of allylic oxidation sites excluding steroid dienone is 5. The lowest BCUT2D eigenvalue weighted by molar-refractivity contribution is 0.235. The van der Waals surface area contributed by atoms with Crippen molar-refractivity contribution in [1.82, 2.24) is 9.80 Å². The van der Waals surface area contributed by atoms with E-state index < -0.39 is 0 Å². The lowest BCUT2D eigenvalue weighted by Crippen LogP contribution is -2.42. The topological polar surface area (TPSA) is 55.0 Å². The zero-order chi connectivity index (χ0) is 18.7. The van der Waals surface area contributed by atoms with Crippen molar-refractivity contribution in [1.29, 1.82) is 5.26 Å². The third kappa shape index (κ3) is 3.69. The number of likely N-dealkylation sites (tertiary alicyclic amines) is 2. The molecule has 3 heterocycles. The first-order valence-corrected chi connectivity index (χ1v) is 10.2. The highest BCUT2D eigenvalue weighted by atomic mass is 15.2. The van der Waals surface area contributed by atoms with Gasteiger partial charge in [-0.1, -0.05) is 12.5 Å². The van der Waals surface area contributed by atoms with Crippen molar-refractivity contribution in [3.05, 3.63) is 36.1 Å². The standard InChI is InChI=1S/C22H29N5/c1-26-16-19-20(24-11-14-27-12-3-2-4-13-27)8-10-25-21-6-5-18(7-9-23)15-22(19,21)17-26/h5-8,10,19H,2-4,11-17H2,1H3. The van der Waals surface area contributed by atoms with Crippen molar-refractivity contribution in [3.63, 3.8) is 0 Å². The van der Waals surface area contributed by atoms with Gasteiger partial charge >= 0.3 is 0 Å². The van der Waals surface area contributed by atoms with Crippen LogP contribution in [0.1, 0.15) is 25.7 Å². The van der Waals surface area contributed by atoms with Gasteiger partial charge in [0.15, 0.2) is 0 Å². The molecule has 2 saturated heterocycles. The van der Waals surface area contributed by atoms with Gasteiger partial charge in [0.1, 0.15) is 0 Å². The van der Waals surface area contributed by atoms with E-state index in [2.05, 4.69) is 41.1 Å². The van der Waals surface area contributed by atoms with Crippen LogP contribution in [-0.2, 0) is 0 Å². The number of hydrogen-bond donors (Lipinski definition) is 0. The van der Waals surface area contributed by atoms with Gasteiger partial charge in [0, 0.05) is 54.7 Å². The summed E-state index contributed by atoms with van der Waals surface area (Å²) in [6, 6.07) is 2.20. The summed E-state index contributed by atoms with van der Waals surface area (Å²) in [5.74, 6) is 0.341. The lowest BCUT2D eigenvalue weighted by atomic mass is 9.66. The van der Waals surface area contributed by atoms with E-state index in [1.165, 1.54) is 38.1 Å². The van der Waals surface area contributed by atoms with Crippen LogP contribution in [0.3, 0.4) is 0 Å². The molecule has 5 nitrogen and oxygen atoms in total. The maximum absolute atomic E-state index is 9.11. The minimum absolute atomic E-state index is 0.0559. The molecule has 0 bridgehead atoms. The van der Waals surface area contributed by atoms with Crippen molar-refractivity contribution in [2.45, 2.75) is 25.7 Å². The van der Waals surface area contributed by atoms with E-state index in [9.17, 15) is 0 Å². The summed E-state index contributed by atoms with van der Waals surface area (Å²) in [6.07, 6.45) is 14.8. The average molecular weight is 364 g/mol. The smallest absolute Gasteiger partial charge is 0.0914 e. The highest BCUT2D eigenvalue weighted by Crippen LogP contribution is 2.47. The van der Waals surface area contributed by atoms with E-state index >= 15 is 0 Å². The van der Waals surface area contributed by atoms with Crippen LogP contribution in [0.5, 0.6) is 0 Å². The van der Waals surface area contributed by atoms with Crippen LogP contribution in [0.15, 0.2) is 46.1 Å². The Hall–Kier alpha value is -2.03. The second-order valence-electron chi connectivity index (χ2n) is 8.30. The van der Waals surface area contributed by atoms with Gasteiger partial charge in [-0.05, 0) is 57.1 Å². The predicted molar refractivity (Wildman–Crippen MR) is 110 cm³/mol. The Kier molecular flexibility index (Phi) is 5.38. The van der Waals surface area contributed by atoms with E-state index in [-0.39, 0.29) is 5.41 Å². The number of rotatable bonds is 3. The first-order valence-electron chi connectivity index (χ1n) is 10.2. The highest BCUT2D eigenvalue weighted by molar-refractivity contribution is 6.10. The van der Waals surface area contributed by atoms with Gasteiger partial charge in [-0.25, -0.2) is 0 Å². The van der Waals surface area contributed by atoms with E-state index in [1.54, 1.807) is 6.08 Å². The third-order valence-electron chi connectivity index (χ3n) is 6.42. The fourth-order valence-corrected chi connectivity index (χ4v) is 5.15. The largest absolute Gasteiger partial charge is 0.305 e. The number of aliphatic imine (C=N–C) groups is 2. The molecule has 5 heteroatoms. The first kappa shape index (κ1) is 18.3. The Balaban J connectivity index is 1.57. The molecule has 142 valence electrons. The lowest BCUT2D eigenvalue weighted by Gasteiger charge is -2.37. The number of piperidine rings is 1. The van der Waals surface area contributed by atoms with Crippen molar-refractivity contribution in [2.24, 2.45) is 21.3 Å². The van der Waals surface area contributed by atoms with Gasteiger partial charge in [0.05, 0.1) is 12.6 Å². The number of nitrogens with zero attached hydrogens (tertiary/aromatic N) is 5. The average Bonchev–Trinajstić information content (AvgIpc) is 2.92. The second-order valence-corrected chi connectivity index (χ2v) is 8.30. The van der Waals surface area contributed by atoms with Crippen molar-refractivity contribution < 1.29 is 0 Å². The molecule has 0 aromatic heterocycles. The molecule has 27 heavy (non-hydrogen) atoms. The third-order valence-corrected chi connectivity index (χ3v) is 6.42. The number of nitriles is 1. The zero-order valence-corrected chi connectivity index (χ0v) is 16.3. The molecule has 4 aliphatic rings. The predicted octanol–water partition coefficient (Wildman–Crippen LogP) is 2.84. The van der Waals surface area contributed by atoms with Crippen LogP contribution >= 0.6 is 0 Å². The van der Waals surface area contributed by atoms with Gasteiger partial charge in [-0.2, -0.15) is 5.26 Å². The fourth-order valence-electron chi connectivity index (χ4n) is 5.15. The molecule has 2 atom stereocenters. The quantitative estimate of drug-likeness (QED) is 0.725. The minimum Gasteiger partial charge on any atom is -0.305 e. The molecule has 0 saturated carbocycles. The van der Waals surface area contributed by atoms with Crippen LogP contribution in [0.25, 0.3) is 0 Å². The van der Waals surface area contributed by atoms with Crippen LogP contribution < -0.4 is 0 Å². The van der Waals surface area contributed by atoms with E-state index in [1.807, 2.05) is 6.20 Å². The molecule has 1 aliphatic carbocycles. The second kappa shape index (κ2) is 7.92. The molecule has 0 amide bonds. The Morgan fingerprint density at radius 1 is 1.30 bits per heavy atom. The molecule has 4 rings (SSSR count). The van der Waals surface area contributed by atoms with E-state index in [0.717, 1.165) is 43.9 Å². The summed E-state index contributed by atoms with van der Waals surface area (Å²) in [5, 5.41) is 9.11. The maximum atomic E-state index is 9.11. The molecular weight excluding hydrogens is 334 g/mol. The summed E-state index contributed by atoms with van der Waals surface area (Å²) in [6.45, 7) is 6.33. The Morgan fingerprint density at radius 3 is 2.96 bits per heavy atom. The summed E-state index contributed by atoms with van der Waals surface area (Å²) < 4.78 is 0. The highest BCUT2D eigenvalue weighted by Gasteiger charge is 2.51. The molecule has 0 aromatic rings. The molecule has 2 fully saturated rings. The first-order chi connectivity index (χ1) is 13.2. The van der Waals surface area contributed by atoms with Crippen LogP contribution in [0, 0.1) is 22.7 Å². The number of hydrogen-bond acceptors (Lipinski definition) is 5. The van der Waals surface area contributed by atoms with Crippen LogP contribution in [0.4, 0.5) is 0 Å².